The number of benzene rings is 6. The van der Waals surface area contributed by atoms with Gasteiger partial charge in [-0.1, -0.05) is 134 Å². The molecule has 1 aliphatic carbocycles. The number of para-hydroxylation sites is 3. The van der Waals surface area contributed by atoms with Gasteiger partial charge >= 0.3 is 0 Å². The van der Waals surface area contributed by atoms with Gasteiger partial charge in [0.15, 0.2) is 0 Å². The van der Waals surface area contributed by atoms with Crippen LogP contribution in [0.2, 0.25) is 0 Å². The zero-order valence-electron chi connectivity index (χ0n) is 29.0. The highest BCUT2D eigenvalue weighted by atomic mass is 16.5. The van der Waals surface area contributed by atoms with Crippen LogP contribution in [0.4, 0.5) is 11.4 Å². The lowest BCUT2D eigenvalue weighted by Crippen LogP contribution is -2.42. The van der Waals surface area contributed by atoms with Gasteiger partial charge in [0.25, 0.3) is 0 Å². The number of anilines is 2. The molecule has 0 N–H and O–H groups in total. The zero-order valence-corrected chi connectivity index (χ0v) is 29.0. The van der Waals surface area contributed by atoms with Gasteiger partial charge in [-0.3, -0.25) is 0 Å². The van der Waals surface area contributed by atoms with Crippen molar-refractivity contribution in [2.24, 2.45) is 0 Å². The van der Waals surface area contributed by atoms with E-state index in [0.29, 0.717) is 0 Å². The summed E-state index contributed by atoms with van der Waals surface area (Å²) in [6, 6.07) is 50.9. The number of nitrogens with zero attached hydrogens (tertiary/aromatic N) is 1. The molecular formula is C49H37NO2. The average Bonchev–Trinajstić information content (AvgIpc) is 3.57. The Morgan fingerprint density at radius 1 is 0.615 bits per heavy atom. The quantitative estimate of drug-likeness (QED) is 0.176. The molecule has 1 aliphatic heterocycles. The van der Waals surface area contributed by atoms with Crippen LogP contribution in [0, 0.1) is 0 Å². The van der Waals surface area contributed by atoms with Gasteiger partial charge in [-0.2, -0.15) is 0 Å². The summed E-state index contributed by atoms with van der Waals surface area (Å²) in [5, 5.41) is 2.28. The Morgan fingerprint density at radius 2 is 1.27 bits per heavy atom. The molecule has 6 aromatic carbocycles. The van der Waals surface area contributed by atoms with Crippen molar-refractivity contribution < 1.29 is 9.15 Å². The van der Waals surface area contributed by atoms with Gasteiger partial charge in [-0.05, 0) is 90.2 Å². The Balaban J connectivity index is 1.08. The first-order valence-corrected chi connectivity index (χ1v) is 17.7. The molecule has 2 aliphatic rings. The molecule has 0 fully saturated rings. The van der Waals surface area contributed by atoms with Crippen molar-refractivity contribution in [3.05, 3.63) is 205 Å². The monoisotopic (exact) mass is 671 g/mol. The third-order valence-corrected chi connectivity index (χ3v) is 10.2. The molecular weight excluding hydrogens is 635 g/mol. The second-order valence-corrected chi connectivity index (χ2v) is 13.6. The third-order valence-electron chi connectivity index (χ3n) is 10.2. The van der Waals surface area contributed by atoms with Crippen LogP contribution in [0.1, 0.15) is 30.0 Å². The molecule has 0 saturated carbocycles. The van der Waals surface area contributed by atoms with E-state index >= 15 is 0 Å². The van der Waals surface area contributed by atoms with E-state index in [4.69, 9.17) is 9.15 Å². The molecule has 0 radical (unpaired) electrons. The van der Waals surface area contributed by atoms with E-state index in [0.717, 1.165) is 73.5 Å². The molecule has 0 spiro atoms. The van der Waals surface area contributed by atoms with Crippen LogP contribution in [0.25, 0.3) is 50.0 Å². The second kappa shape index (κ2) is 12.9. The summed E-state index contributed by atoms with van der Waals surface area (Å²) in [6.45, 7) is 6.53. The standard InChI is InChI=1S/C49H37NO2/c1-34-12-10-21-45(51-46-19-8-6-15-41(34)46)38-24-28-40(29-25-38)50(39-26-22-36(23-27-39)35-13-4-3-5-14-35)49(2)32-30-37(31-33-49)42-17-11-18-44-43-16-7-9-20-47(43)52-48(42)44/h3-32H,1,33H2,2H3/b12-10-,45-21-. The lowest BCUT2D eigenvalue weighted by molar-refractivity contribution is 0.513. The molecule has 52 heavy (non-hydrogen) atoms. The molecule has 0 saturated heterocycles. The summed E-state index contributed by atoms with van der Waals surface area (Å²) >= 11 is 0. The minimum atomic E-state index is -0.348. The molecule has 9 rings (SSSR count). The predicted octanol–water partition coefficient (Wildman–Crippen LogP) is 13.2. The first-order valence-electron chi connectivity index (χ1n) is 17.7. The first-order chi connectivity index (χ1) is 25.5. The Hall–Kier alpha value is -6.58. The van der Waals surface area contributed by atoms with E-state index < -0.39 is 0 Å². The van der Waals surface area contributed by atoms with Crippen molar-refractivity contribution in [1.82, 2.24) is 0 Å². The number of fused-ring (bicyclic) bond motifs is 4. The van der Waals surface area contributed by atoms with E-state index in [-0.39, 0.29) is 5.54 Å². The zero-order chi connectivity index (χ0) is 35.1. The molecule has 250 valence electrons. The maximum atomic E-state index is 6.48. The fourth-order valence-corrected chi connectivity index (χ4v) is 7.48. The van der Waals surface area contributed by atoms with Crippen LogP contribution >= 0.6 is 0 Å². The smallest absolute Gasteiger partial charge is 0.143 e. The van der Waals surface area contributed by atoms with Crippen LogP contribution < -0.4 is 9.64 Å². The second-order valence-electron chi connectivity index (χ2n) is 13.6. The van der Waals surface area contributed by atoms with E-state index in [1.165, 1.54) is 16.7 Å². The predicted molar refractivity (Wildman–Crippen MR) is 218 cm³/mol. The van der Waals surface area contributed by atoms with Crippen molar-refractivity contribution in [3.8, 4) is 16.9 Å². The molecule has 0 amide bonds. The molecule has 0 bridgehead atoms. The fourth-order valence-electron chi connectivity index (χ4n) is 7.48. The fraction of sp³-hybridized carbons (Fsp3) is 0.0612. The Morgan fingerprint density at radius 3 is 2.04 bits per heavy atom. The maximum Gasteiger partial charge on any atom is 0.143 e. The van der Waals surface area contributed by atoms with E-state index in [1.54, 1.807) is 0 Å². The van der Waals surface area contributed by atoms with Crippen molar-refractivity contribution in [2.75, 3.05) is 4.90 Å². The number of allylic oxidation sites excluding steroid dienone is 6. The van der Waals surface area contributed by atoms with Gasteiger partial charge in [0.05, 0.1) is 5.54 Å². The number of hydrogen-bond acceptors (Lipinski definition) is 3. The topological polar surface area (TPSA) is 25.6 Å². The van der Waals surface area contributed by atoms with E-state index in [1.807, 2.05) is 54.6 Å². The molecule has 3 heteroatoms. The molecule has 1 unspecified atom stereocenters. The highest BCUT2D eigenvalue weighted by molar-refractivity contribution is 6.08. The van der Waals surface area contributed by atoms with Gasteiger partial charge in [-0.15, -0.1) is 0 Å². The Labute approximate surface area is 304 Å². The average molecular weight is 672 g/mol. The highest BCUT2D eigenvalue weighted by Crippen LogP contribution is 2.43. The van der Waals surface area contributed by atoms with E-state index in [2.05, 4.69) is 146 Å². The molecule has 1 aromatic heterocycles. The lowest BCUT2D eigenvalue weighted by atomic mass is 9.85. The number of furan rings is 1. The van der Waals surface area contributed by atoms with Crippen molar-refractivity contribution in [1.29, 1.82) is 0 Å². The van der Waals surface area contributed by atoms with Gasteiger partial charge in [0.1, 0.15) is 22.7 Å². The van der Waals surface area contributed by atoms with Crippen molar-refractivity contribution in [2.45, 2.75) is 18.9 Å². The largest absolute Gasteiger partial charge is 0.456 e. The number of ether oxygens (including phenoxy) is 1. The summed E-state index contributed by atoms with van der Waals surface area (Å²) in [7, 11) is 0. The Bertz CT molecular complexity index is 2580. The number of hydrogen-bond donors (Lipinski definition) is 0. The highest BCUT2D eigenvalue weighted by Gasteiger charge is 2.33. The minimum absolute atomic E-state index is 0.348. The van der Waals surface area contributed by atoms with Gasteiger partial charge in [0, 0.05) is 38.8 Å². The molecule has 3 nitrogen and oxygen atoms in total. The van der Waals surface area contributed by atoms with Gasteiger partial charge in [-0.25, -0.2) is 0 Å². The Kier molecular flexibility index (Phi) is 7.82. The lowest BCUT2D eigenvalue weighted by Gasteiger charge is -2.42. The number of rotatable bonds is 6. The summed E-state index contributed by atoms with van der Waals surface area (Å²) in [6.07, 6.45) is 13.8. The summed E-state index contributed by atoms with van der Waals surface area (Å²) in [4.78, 5) is 2.45. The minimum Gasteiger partial charge on any atom is -0.456 e. The van der Waals surface area contributed by atoms with Crippen molar-refractivity contribution in [3.63, 3.8) is 0 Å². The molecule has 2 heterocycles. The van der Waals surface area contributed by atoms with Crippen LogP contribution in [-0.4, -0.2) is 5.54 Å². The van der Waals surface area contributed by atoms with Crippen LogP contribution in [-0.2, 0) is 0 Å². The van der Waals surface area contributed by atoms with Gasteiger partial charge < -0.3 is 14.1 Å². The maximum absolute atomic E-state index is 6.48. The molecule has 7 aromatic rings. The SMILES string of the molecule is C=C1/C=C\C=C(\c2ccc(N(c3ccc(-c4ccccc4)cc3)C3(C)C=CC(c4cccc5c4oc4ccccc45)=CC3)cc2)Oc2ccccc21. The van der Waals surface area contributed by atoms with Gasteiger partial charge in [0.2, 0.25) is 0 Å². The van der Waals surface area contributed by atoms with Crippen LogP contribution in [0.5, 0.6) is 5.75 Å². The third kappa shape index (κ3) is 5.67. The normalized spacial score (nSPS) is 18.4. The summed E-state index contributed by atoms with van der Waals surface area (Å²) in [5.74, 6) is 1.59. The van der Waals surface area contributed by atoms with Crippen molar-refractivity contribution >= 4 is 50.2 Å². The van der Waals surface area contributed by atoms with Crippen LogP contribution in [0.3, 0.4) is 0 Å². The van der Waals surface area contributed by atoms with Crippen LogP contribution in [0.15, 0.2) is 193 Å². The summed E-state index contributed by atoms with van der Waals surface area (Å²) < 4.78 is 12.9. The first kappa shape index (κ1) is 31.4. The molecule has 1 atom stereocenters. The summed E-state index contributed by atoms with van der Waals surface area (Å²) in [5.41, 5.74) is 11.3. The van der Waals surface area contributed by atoms with E-state index in [9.17, 15) is 0 Å².